The number of methoxy groups -OCH3 is 1. The number of hydrogen-bond donors (Lipinski definition) is 0. The highest BCUT2D eigenvalue weighted by Gasteiger charge is 2.41. The molecule has 35 heavy (non-hydrogen) atoms. The van der Waals surface area contributed by atoms with Gasteiger partial charge in [-0.05, 0) is 49.8 Å². The van der Waals surface area contributed by atoms with E-state index in [-0.39, 0.29) is 11.3 Å². The predicted octanol–water partition coefficient (Wildman–Crippen LogP) is 4.02. The third-order valence-corrected chi connectivity index (χ3v) is 5.85. The van der Waals surface area contributed by atoms with Crippen molar-refractivity contribution < 1.29 is 24.0 Å². The van der Waals surface area contributed by atoms with Crippen LogP contribution in [0, 0.1) is 24.0 Å². The number of amides is 4. The fourth-order valence-electron chi connectivity index (χ4n) is 4.07. The SMILES string of the molecule is COc1cc([N+](=O)[O-])ccc1-n1c(C)cc(/C=C2\C(=O)N(C)C(=O)N(c3ccccc3)C2=O)c1C. The molecule has 4 amide bonds. The third kappa shape index (κ3) is 3.95. The summed E-state index contributed by atoms with van der Waals surface area (Å²) in [5, 5.41) is 11.2. The van der Waals surface area contributed by atoms with Crippen molar-refractivity contribution in [3.8, 4) is 11.4 Å². The van der Waals surface area contributed by atoms with E-state index in [4.69, 9.17) is 4.74 Å². The van der Waals surface area contributed by atoms with Gasteiger partial charge in [0.05, 0.1) is 29.5 Å². The van der Waals surface area contributed by atoms with E-state index in [2.05, 4.69) is 0 Å². The molecule has 0 saturated carbocycles. The number of ether oxygens (including phenoxy) is 1. The molecular weight excluding hydrogens is 452 g/mol. The van der Waals surface area contributed by atoms with Crippen LogP contribution in [0.4, 0.5) is 16.2 Å². The largest absolute Gasteiger partial charge is 0.494 e. The molecule has 2 heterocycles. The van der Waals surface area contributed by atoms with E-state index in [1.54, 1.807) is 49.4 Å². The topological polar surface area (TPSA) is 115 Å². The lowest BCUT2D eigenvalue weighted by molar-refractivity contribution is -0.384. The molecular formula is C25H22N4O6. The molecule has 1 aromatic heterocycles. The molecule has 1 fully saturated rings. The molecule has 1 aliphatic rings. The number of aryl methyl sites for hydroxylation is 1. The van der Waals surface area contributed by atoms with Gasteiger partial charge in [-0.3, -0.25) is 24.6 Å². The van der Waals surface area contributed by atoms with Crippen molar-refractivity contribution in [2.75, 3.05) is 19.1 Å². The summed E-state index contributed by atoms with van der Waals surface area (Å²) < 4.78 is 7.20. The summed E-state index contributed by atoms with van der Waals surface area (Å²) in [4.78, 5) is 51.4. The number of carbonyl (C=O) groups excluding carboxylic acids is 3. The average molecular weight is 474 g/mol. The number of hydrogen-bond acceptors (Lipinski definition) is 6. The maximum absolute atomic E-state index is 13.3. The number of anilines is 1. The fraction of sp³-hybridized carbons (Fsp3) is 0.160. The highest BCUT2D eigenvalue weighted by molar-refractivity contribution is 6.39. The van der Waals surface area contributed by atoms with Crippen LogP contribution in [0.1, 0.15) is 17.0 Å². The summed E-state index contributed by atoms with van der Waals surface area (Å²) in [6.07, 6.45) is 1.46. The van der Waals surface area contributed by atoms with Gasteiger partial charge in [0.2, 0.25) is 0 Å². The van der Waals surface area contributed by atoms with Gasteiger partial charge in [0.25, 0.3) is 17.5 Å². The minimum atomic E-state index is -0.732. The molecule has 0 unspecified atom stereocenters. The number of barbiturate groups is 1. The summed E-state index contributed by atoms with van der Waals surface area (Å²) in [5.41, 5.74) is 2.66. The van der Waals surface area contributed by atoms with E-state index in [0.29, 0.717) is 28.4 Å². The molecule has 0 radical (unpaired) electrons. The van der Waals surface area contributed by atoms with Crippen LogP contribution in [-0.2, 0) is 9.59 Å². The van der Waals surface area contributed by atoms with Gasteiger partial charge in [0.15, 0.2) is 0 Å². The molecule has 0 atom stereocenters. The number of nitro benzene ring substituents is 1. The van der Waals surface area contributed by atoms with E-state index in [1.165, 1.54) is 32.4 Å². The molecule has 2 aromatic carbocycles. The lowest BCUT2D eigenvalue weighted by Crippen LogP contribution is -2.55. The zero-order valence-corrected chi connectivity index (χ0v) is 19.5. The van der Waals surface area contributed by atoms with Crippen LogP contribution in [0.25, 0.3) is 11.8 Å². The third-order valence-electron chi connectivity index (χ3n) is 5.85. The van der Waals surface area contributed by atoms with Crippen molar-refractivity contribution in [2.24, 2.45) is 0 Å². The number of urea groups is 1. The number of rotatable bonds is 5. The highest BCUT2D eigenvalue weighted by atomic mass is 16.6. The van der Waals surface area contributed by atoms with Gasteiger partial charge in [-0.15, -0.1) is 0 Å². The zero-order valence-electron chi connectivity index (χ0n) is 19.5. The molecule has 10 heteroatoms. The Hall–Kier alpha value is -4.73. The summed E-state index contributed by atoms with van der Waals surface area (Å²) in [5.74, 6) is -1.13. The lowest BCUT2D eigenvalue weighted by atomic mass is 10.1. The molecule has 1 aliphatic heterocycles. The van der Waals surface area contributed by atoms with Gasteiger partial charge < -0.3 is 9.30 Å². The minimum Gasteiger partial charge on any atom is -0.494 e. The number of nitro groups is 1. The van der Waals surface area contributed by atoms with E-state index >= 15 is 0 Å². The Morgan fingerprint density at radius 3 is 2.29 bits per heavy atom. The smallest absolute Gasteiger partial charge is 0.338 e. The first-order valence-electron chi connectivity index (χ1n) is 10.6. The Kier molecular flexibility index (Phi) is 5.96. The van der Waals surface area contributed by atoms with Crippen molar-refractivity contribution >= 4 is 35.3 Å². The number of nitrogens with zero attached hydrogens (tertiary/aromatic N) is 4. The van der Waals surface area contributed by atoms with Crippen LogP contribution >= 0.6 is 0 Å². The molecule has 4 rings (SSSR count). The van der Waals surface area contributed by atoms with Crippen molar-refractivity contribution in [1.29, 1.82) is 0 Å². The number of benzene rings is 2. The van der Waals surface area contributed by atoms with Crippen LogP contribution in [0.5, 0.6) is 5.75 Å². The number of aromatic nitrogens is 1. The summed E-state index contributed by atoms with van der Waals surface area (Å²) in [6, 6.07) is 13.7. The lowest BCUT2D eigenvalue weighted by Gasteiger charge is -2.31. The molecule has 10 nitrogen and oxygen atoms in total. The van der Waals surface area contributed by atoms with Crippen LogP contribution in [0.2, 0.25) is 0 Å². The molecule has 0 N–H and O–H groups in total. The Labute approximate surface area is 200 Å². The van der Waals surface area contributed by atoms with Gasteiger partial charge in [-0.2, -0.15) is 0 Å². The number of carbonyl (C=O) groups is 3. The number of para-hydroxylation sites is 1. The van der Waals surface area contributed by atoms with Crippen molar-refractivity contribution in [1.82, 2.24) is 9.47 Å². The Balaban J connectivity index is 1.81. The first-order valence-corrected chi connectivity index (χ1v) is 10.6. The Bertz CT molecular complexity index is 1410. The number of likely N-dealkylation sites (N-methyl/N-ethyl adjacent to an activating group) is 1. The van der Waals surface area contributed by atoms with Crippen molar-refractivity contribution in [2.45, 2.75) is 13.8 Å². The highest BCUT2D eigenvalue weighted by Crippen LogP contribution is 2.33. The van der Waals surface area contributed by atoms with E-state index in [9.17, 15) is 24.5 Å². The molecule has 0 spiro atoms. The standard InChI is InChI=1S/C25H22N4O6/c1-15-12-17(16(2)27(15)21-11-10-19(29(33)34)14-22(21)35-4)13-20-23(30)26(3)25(32)28(24(20)31)18-8-6-5-7-9-18/h5-14H,1-4H3/b20-13+. The Morgan fingerprint density at radius 1 is 0.971 bits per heavy atom. The Morgan fingerprint density at radius 2 is 1.66 bits per heavy atom. The second-order valence-corrected chi connectivity index (χ2v) is 7.96. The maximum atomic E-state index is 13.3. The van der Waals surface area contributed by atoms with E-state index in [0.717, 1.165) is 15.5 Å². The second-order valence-electron chi connectivity index (χ2n) is 7.96. The first kappa shape index (κ1) is 23.4. The summed E-state index contributed by atoms with van der Waals surface area (Å²) in [7, 11) is 2.75. The maximum Gasteiger partial charge on any atom is 0.338 e. The molecule has 0 aliphatic carbocycles. The van der Waals surface area contributed by atoms with Gasteiger partial charge >= 0.3 is 6.03 Å². The van der Waals surface area contributed by atoms with Crippen LogP contribution in [0.15, 0.2) is 60.2 Å². The predicted molar refractivity (Wildman–Crippen MR) is 129 cm³/mol. The second kappa shape index (κ2) is 8.90. The summed E-state index contributed by atoms with van der Waals surface area (Å²) >= 11 is 0. The monoisotopic (exact) mass is 474 g/mol. The van der Waals surface area contributed by atoms with Crippen LogP contribution < -0.4 is 9.64 Å². The van der Waals surface area contributed by atoms with Crippen LogP contribution in [-0.4, -0.2) is 46.4 Å². The van der Waals surface area contributed by atoms with Crippen LogP contribution in [0.3, 0.4) is 0 Å². The summed E-state index contributed by atoms with van der Waals surface area (Å²) in [6.45, 7) is 3.62. The quantitative estimate of drug-likeness (QED) is 0.239. The van der Waals surface area contributed by atoms with Gasteiger partial charge in [-0.1, -0.05) is 18.2 Å². The van der Waals surface area contributed by atoms with Crippen molar-refractivity contribution in [3.05, 3.63) is 87.2 Å². The average Bonchev–Trinajstić information content (AvgIpc) is 3.13. The normalized spacial score (nSPS) is 15.2. The van der Waals surface area contributed by atoms with Gasteiger partial charge in [0.1, 0.15) is 11.3 Å². The van der Waals surface area contributed by atoms with Crippen molar-refractivity contribution in [3.63, 3.8) is 0 Å². The fourth-order valence-corrected chi connectivity index (χ4v) is 4.07. The van der Waals surface area contributed by atoms with Gasteiger partial charge in [0, 0.05) is 24.5 Å². The molecule has 3 aromatic rings. The van der Waals surface area contributed by atoms with Gasteiger partial charge in [-0.25, -0.2) is 9.69 Å². The molecule has 0 bridgehead atoms. The molecule has 178 valence electrons. The zero-order chi connectivity index (χ0) is 25.4. The number of imide groups is 2. The van der Waals surface area contributed by atoms with E-state index < -0.39 is 22.8 Å². The number of non-ortho nitro benzene ring substituents is 1. The molecule has 1 saturated heterocycles. The van der Waals surface area contributed by atoms with E-state index in [1.807, 2.05) is 11.5 Å². The minimum absolute atomic E-state index is 0.109. The first-order chi connectivity index (χ1) is 16.6.